The number of H-pyrrole nitrogens is 1. The van der Waals surface area contributed by atoms with Crippen LogP contribution in [0, 0.1) is 18.3 Å². The number of aromatic amines is 1. The smallest absolute Gasteiger partial charge is 0.261 e. The molecule has 1 unspecified atom stereocenters. The van der Waals surface area contributed by atoms with Gasteiger partial charge < -0.3 is 4.98 Å². The van der Waals surface area contributed by atoms with Crippen LogP contribution in [-0.4, -0.2) is 35.3 Å². The molecule has 1 aromatic rings. The standard InChI is InChI=1S/C10H14N4O2S/c1-8-12-7-10(13-8)17(15,16)14-5-3-2-4-9(14)6-11/h7,9H,2-5H2,1H3,(H,12,13). The molecule has 1 aliphatic heterocycles. The second-order valence-electron chi connectivity index (χ2n) is 4.09. The van der Waals surface area contributed by atoms with Gasteiger partial charge in [-0.05, 0) is 26.2 Å². The van der Waals surface area contributed by atoms with Crippen molar-refractivity contribution in [3.8, 4) is 6.07 Å². The highest BCUT2D eigenvalue weighted by Gasteiger charge is 2.34. The first-order chi connectivity index (χ1) is 8.05. The van der Waals surface area contributed by atoms with E-state index in [4.69, 9.17) is 5.26 Å². The van der Waals surface area contributed by atoms with E-state index in [1.165, 1.54) is 10.5 Å². The number of hydrogen-bond acceptors (Lipinski definition) is 4. The molecule has 0 radical (unpaired) electrons. The summed E-state index contributed by atoms with van der Waals surface area (Å²) in [4.78, 5) is 6.59. The van der Waals surface area contributed by atoms with Crippen LogP contribution in [-0.2, 0) is 10.0 Å². The molecular formula is C10H14N4O2S. The van der Waals surface area contributed by atoms with Crippen LogP contribution in [0.4, 0.5) is 0 Å². The van der Waals surface area contributed by atoms with Crippen LogP contribution in [0.25, 0.3) is 0 Å². The van der Waals surface area contributed by atoms with Gasteiger partial charge in [0.1, 0.15) is 11.9 Å². The quantitative estimate of drug-likeness (QED) is 0.844. The molecule has 0 amide bonds. The predicted molar refractivity (Wildman–Crippen MR) is 60.5 cm³/mol. The van der Waals surface area contributed by atoms with Gasteiger partial charge in [-0.25, -0.2) is 13.4 Å². The molecule has 1 aliphatic rings. The second kappa shape index (κ2) is 4.47. The molecule has 1 aromatic heterocycles. The summed E-state index contributed by atoms with van der Waals surface area (Å²) in [5, 5.41) is 9.06. The van der Waals surface area contributed by atoms with Crippen LogP contribution < -0.4 is 0 Å². The SMILES string of the molecule is Cc1ncc(S(=O)(=O)N2CCCCC2C#N)[nH]1. The summed E-state index contributed by atoms with van der Waals surface area (Å²) >= 11 is 0. The van der Waals surface area contributed by atoms with Crippen molar-refractivity contribution in [2.45, 2.75) is 37.3 Å². The lowest BCUT2D eigenvalue weighted by Crippen LogP contribution is -2.42. The zero-order chi connectivity index (χ0) is 12.5. The van der Waals surface area contributed by atoms with Gasteiger partial charge in [0.2, 0.25) is 0 Å². The van der Waals surface area contributed by atoms with E-state index in [1.54, 1.807) is 6.92 Å². The maximum atomic E-state index is 12.3. The van der Waals surface area contributed by atoms with Crippen molar-refractivity contribution in [2.75, 3.05) is 6.54 Å². The summed E-state index contributed by atoms with van der Waals surface area (Å²) in [7, 11) is -3.61. The average molecular weight is 254 g/mol. The van der Waals surface area contributed by atoms with Gasteiger partial charge in [-0.2, -0.15) is 9.57 Å². The van der Waals surface area contributed by atoms with Crippen molar-refractivity contribution >= 4 is 10.0 Å². The minimum Gasteiger partial charge on any atom is -0.332 e. The van der Waals surface area contributed by atoms with Crippen LogP contribution in [0.1, 0.15) is 25.1 Å². The number of sulfonamides is 1. The lowest BCUT2D eigenvalue weighted by atomic mass is 10.1. The van der Waals surface area contributed by atoms with Crippen LogP contribution in [0.2, 0.25) is 0 Å². The third-order valence-corrected chi connectivity index (χ3v) is 4.69. The number of nitrogens with zero attached hydrogens (tertiary/aromatic N) is 3. The van der Waals surface area contributed by atoms with E-state index in [-0.39, 0.29) is 5.03 Å². The highest BCUT2D eigenvalue weighted by Crippen LogP contribution is 2.23. The Labute approximate surface area is 100 Å². The first-order valence-electron chi connectivity index (χ1n) is 5.49. The van der Waals surface area contributed by atoms with Gasteiger partial charge in [0.15, 0.2) is 5.03 Å². The minimum absolute atomic E-state index is 0.0668. The summed E-state index contributed by atoms with van der Waals surface area (Å²) < 4.78 is 25.8. The molecule has 2 heterocycles. The van der Waals surface area contributed by atoms with E-state index in [9.17, 15) is 8.42 Å². The molecule has 0 aliphatic carbocycles. The number of imidazole rings is 1. The highest BCUT2D eigenvalue weighted by atomic mass is 32.2. The fourth-order valence-electron chi connectivity index (χ4n) is 1.98. The maximum Gasteiger partial charge on any atom is 0.261 e. The van der Waals surface area contributed by atoms with E-state index in [2.05, 4.69) is 9.97 Å². The second-order valence-corrected chi connectivity index (χ2v) is 5.95. The first kappa shape index (κ1) is 12.1. The van der Waals surface area contributed by atoms with E-state index in [0.717, 1.165) is 12.8 Å². The lowest BCUT2D eigenvalue weighted by Gasteiger charge is -2.29. The van der Waals surface area contributed by atoms with Crippen LogP contribution in [0.5, 0.6) is 0 Å². The largest absolute Gasteiger partial charge is 0.332 e. The number of rotatable bonds is 2. The van der Waals surface area contributed by atoms with Gasteiger partial charge in [0.05, 0.1) is 12.3 Å². The van der Waals surface area contributed by atoms with Gasteiger partial charge >= 0.3 is 0 Å². The number of piperidine rings is 1. The molecule has 1 atom stereocenters. The Kier molecular flexibility index (Phi) is 3.17. The van der Waals surface area contributed by atoms with Gasteiger partial charge in [0, 0.05) is 6.54 Å². The Balaban J connectivity index is 2.35. The number of aryl methyl sites for hydroxylation is 1. The Hall–Kier alpha value is -1.39. The van der Waals surface area contributed by atoms with E-state index in [1.807, 2.05) is 6.07 Å². The number of aromatic nitrogens is 2. The molecule has 6 nitrogen and oxygen atoms in total. The minimum atomic E-state index is -3.61. The molecule has 1 saturated heterocycles. The van der Waals surface area contributed by atoms with Crippen LogP contribution >= 0.6 is 0 Å². The zero-order valence-electron chi connectivity index (χ0n) is 9.55. The molecule has 0 saturated carbocycles. The summed E-state index contributed by atoms with van der Waals surface area (Å²) in [5.74, 6) is 0.550. The molecule has 0 aromatic carbocycles. The molecule has 1 N–H and O–H groups in total. The number of nitrogens with one attached hydrogen (secondary N) is 1. The molecular weight excluding hydrogens is 240 g/mol. The normalized spacial score (nSPS) is 22.2. The third-order valence-electron chi connectivity index (χ3n) is 2.87. The summed E-state index contributed by atoms with van der Waals surface area (Å²) in [6.45, 7) is 2.09. The number of nitriles is 1. The predicted octanol–water partition coefficient (Wildman–Crippen LogP) is 0.785. The van der Waals surface area contributed by atoms with E-state index < -0.39 is 16.1 Å². The van der Waals surface area contributed by atoms with Crippen LogP contribution in [0.15, 0.2) is 11.2 Å². The van der Waals surface area contributed by atoms with Crippen molar-refractivity contribution in [1.29, 1.82) is 5.26 Å². The van der Waals surface area contributed by atoms with Crippen molar-refractivity contribution in [1.82, 2.24) is 14.3 Å². The molecule has 0 spiro atoms. The maximum absolute atomic E-state index is 12.3. The first-order valence-corrected chi connectivity index (χ1v) is 6.93. The van der Waals surface area contributed by atoms with Crippen molar-refractivity contribution in [3.63, 3.8) is 0 Å². The monoisotopic (exact) mass is 254 g/mol. The molecule has 0 bridgehead atoms. The van der Waals surface area contributed by atoms with Crippen molar-refractivity contribution in [2.24, 2.45) is 0 Å². The topological polar surface area (TPSA) is 89.8 Å². The third kappa shape index (κ3) is 2.18. The Bertz CT molecular complexity index is 543. The van der Waals surface area contributed by atoms with Crippen molar-refractivity contribution < 1.29 is 8.42 Å². The van der Waals surface area contributed by atoms with Crippen LogP contribution in [0.3, 0.4) is 0 Å². The van der Waals surface area contributed by atoms with Gasteiger partial charge in [-0.15, -0.1) is 0 Å². The molecule has 2 rings (SSSR count). The highest BCUT2D eigenvalue weighted by molar-refractivity contribution is 7.89. The van der Waals surface area contributed by atoms with Gasteiger partial charge in [0.25, 0.3) is 10.0 Å². The molecule has 17 heavy (non-hydrogen) atoms. The Morgan fingerprint density at radius 2 is 2.35 bits per heavy atom. The lowest BCUT2D eigenvalue weighted by molar-refractivity contribution is 0.296. The summed E-state index contributed by atoms with van der Waals surface area (Å²) in [6, 6.07) is 1.49. The van der Waals surface area contributed by atoms with E-state index in [0.29, 0.717) is 18.8 Å². The van der Waals surface area contributed by atoms with Gasteiger partial charge in [-0.3, -0.25) is 0 Å². The summed E-state index contributed by atoms with van der Waals surface area (Å²) in [6.07, 6.45) is 3.59. The fraction of sp³-hybridized carbons (Fsp3) is 0.600. The Morgan fingerprint density at radius 3 is 2.94 bits per heavy atom. The molecule has 92 valence electrons. The average Bonchev–Trinajstić information content (AvgIpc) is 2.76. The van der Waals surface area contributed by atoms with E-state index >= 15 is 0 Å². The molecule has 7 heteroatoms. The fourth-order valence-corrected chi connectivity index (χ4v) is 3.55. The summed E-state index contributed by atoms with van der Waals surface area (Å²) in [5.41, 5.74) is 0. The molecule has 1 fully saturated rings. The van der Waals surface area contributed by atoms with Crippen molar-refractivity contribution in [3.05, 3.63) is 12.0 Å². The zero-order valence-corrected chi connectivity index (χ0v) is 10.4. The Morgan fingerprint density at radius 1 is 1.59 bits per heavy atom. The van der Waals surface area contributed by atoms with Gasteiger partial charge in [-0.1, -0.05) is 0 Å². The number of hydrogen-bond donors (Lipinski definition) is 1.